The van der Waals surface area contributed by atoms with E-state index in [2.05, 4.69) is 181 Å². The number of benzene rings is 5. The van der Waals surface area contributed by atoms with Gasteiger partial charge in [-0.05, 0) is 72.8 Å². The first-order valence-electron chi connectivity index (χ1n) is 17.3. The molecule has 1 spiro atoms. The molecule has 5 aromatic carbocycles. The van der Waals surface area contributed by atoms with Gasteiger partial charge in [0.05, 0.1) is 29.2 Å². The number of para-hydroxylation sites is 3. The van der Waals surface area contributed by atoms with Crippen molar-refractivity contribution >= 4 is 43.7 Å². The number of ether oxygens (including phenoxy) is 1. The van der Waals surface area contributed by atoms with Crippen LogP contribution in [-0.2, 0) is 5.66 Å². The maximum atomic E-state index is 6.82. The monoisotopic (exact) mass is 654 g/mol. The summed E-state index contributed by atoms with van der Waals surface area (Å²) in [6.45, 7) is 0. The molecule has 0 N–H and O–H groups in total. The zero-order valence-corrected chi connectivity index (χ0v) is 27.1. The molecule has 0 saturated carbocycles. The number of nitrogens with zero attached hydrogens (tertiary/aromatic N) is 6. The Bertz CT molecular complexity index is 3190. The zero-order chi connectivity index (χ0) is 33.0. The lowest BCUT2D eigenvalue weighted by atomic mass is 9.84. The summed E-state index contributed by atoms with van der Waals surface area (Å²) in [4.78, 5) is 5.44. The SMILES string of the molecule is c1ccc(-n2c3ccccc3c3ccc(-c4cn5[n+](c4)C46c7c(cccc7-5)Oc5ccc7c8ccccc8n(c7c54)-c4cccc[n+]46)nc32)cc1. The van der Waals surface area contributed by atoms with Crippen LogP contribution in [0.4, 0.5) is 0 Å². The first-order chi connectivity index (χ1) is 25.3. The van der Waals surface area contributed by atoms with Crippen molar-refractivity contribution in [3.05, 3.63) is 169 Å². The molecule has 1 unspecified atom stereocenters. The van der Waals surface area contributed by atoms with Gasteiger partial charge < -0.3 is 4.74 Å². The molecule has 0 bridgehead atoms. The Kier molecular flexibility index (Phi) is 4.46. The smallest absolute Gasteiger partial charge is 0.397 e. The van der Waals surface area contributed by atoms with Crippen LogP contribution in [0.5, 0.6) is 11.5 Å². The van der Waals surface area contributed by atoms with Gasteiger partial charge in [-0.25, -0.2) is 4.98 Å². The van der Waals surface area contributed by atoms with Gasteiger partial charge in [-0.1, -0.05) is 65.3 Å². The number of pyridine rings is 2. The summed E-state index contributed by atoms with van der Waals surface area (Å²) < 4.78 is 18.7. The lowest BCUT2D eigenvalue weighted by molar-refractivity contribution is -0.993. The van der Waals surface area contributed by atoms with Crippen molar-refractivity contribution in [3.8, 4) is 39.9 Å². The van der Waals surface area contributed by atoms with Crippen LogP contribution >= 0.6 is 0 Å². The molecule has 13 rings (SSSR count). The maximum absolute atomic E-state index is 6.82. The van der Waals surface area contributed by atoms with E-state index >= 15 is 0 Å². The van der Waals surface area contributed by atoms with E-state index in [1.54, 1.807) is 0 Å². The molecule has 0 fully saturated rings. The third kappa shape index (κ3) is 2.90. The van der Waals surface area contributed by atoms with E-state index in [1.165, 1.54) is 27.2 Å². The molecule has 3 aliphatic heterocycles. The number of hydrogen-bond donors (Lipinski definition) is 0. The second-order valence-electron chi connectivity index (χ2n) is 13.7. The average Bonchev–Trinajstić information content (AvgIpc) is 3.93. The van der Waals surface area contributed by atoms with Gasteiger partial charge >= 0.3 is 5.66 Å². The minimum atomic E-state index is -0.735. The standard InChI is InChI=1S/C44H26N6O/c1-2-11-28(12-3-1)49-34-15-6-5-14-30(34)32-20-22-33(45-43(32)49)27-25-47-36-17-10-18-37-40(36)44(48(47)26-27)41-38(51-37)23-21-31-29-13-4-7-16-35(29)50(42(31)41)39-19-8-9-24-46(39)44/h1-26H/q+2. The summed E-state index contributed by atoms with van der Waals surface area (Å²) in [5, 5.41) is 4.77. The second kappa shape index (κ2) is 8.77. The van der Waals surface area contributed by atoms with E-state index in [0.29, 0.717) is 0 Å². The minimum Gasteiger partial charge on any atom is -0.456 e. The molecular formula is C44H26N6O+2. The van der Waals surface area contributed by atoms with Crippen molar-refractivity contribution < 1.29 is 14.0 Å². The molecule has 1 atom stereocenters. The molecule has 0 saturated heterocycles. The highest BCUT2D eigenvalue weighted by molar-refractivity contribution is 6.11. The van der Waals surface area contributed by atoms with E-state index < -0.39 is 5.66 Å². The molecule has 7 nitrogen and oxygen atoms in total. The molecule has 8 heterocycles. The summed E-state index contributed by atoms with van der Waals surface area (Å²) in [5.41, 5.74) is 10.1. The molecule has 5 aromatic heterocycles. The summed E-state index contributed by atoms with van der Waals surface area (Å²) >= 11 is 0. The Labute approximate surface area is 290 Å². The van der Waals surface area contributed by atoms with Crippen LogP contribution in [0.1, 0.15) is 11.1 Å². The third-order valence-corrected chi connectivity index (χ3v) is 11.3. The summed E-state index contributed by atoms with van der Waals surface area (Å²) in [6, 6.07) is 49.5. The Hall–Kier alpha value is -6.99. The number of rotatable bonds is 2. The molecular weight excluding hydrogens is 629 g/mol. The predicted molar refractivity (Wildman–Crippen MR) is 196 cm³/mol. The van der Waals surface area contributed by atoms with E-state index in [-0.39, 0.29) is 0 Å². The van der Waals surface area contributed by atoms with Gasteiger partial charge in [0.25, 0.3) is 5.82 Å². The van der Waals surface area contributed by atoms with Gasteiger partial charge in [0.15, 0.2) is 11.1 Å². The molecule has 0 radical (unpaired) electrons. The van der Waals surface area contributed by atoms with Gasteiger partial charge in [-0.2, -0.15) is 9.13 Å². The number of aromatic nitrogens is 6. The van der Waals surface area contributed by atoms with Gasteiger partial charge in [0, 0.05) is 33.3 Å². The highest BCUT2D eigenvalue weighted by Gasteiger charge is 2.68. The fourth-order valence-electron chi connectivity index (χ4n) is 9.39. The van der Waals surface area contributed by atoms with E-state index in [9.17, 15) is 0 Å². The third-order valence-electron chi connectivity index (χ3n) is 11.3. The Balaban J connectivity index is 1.14. The van der Waals surface area contributed by atoms with Crippen LogP contribution in [-0.4, -0.2) is 18.8 Å². The van der Waals surface area contributed by atoms with E-state index in [0.717, 1.165) is 67.6 Å². The summed E-state index contributed by atoms with van der Waals surface area (Å²) in [6.07, 6.45) is 6.74. The van der Waals surface area contributed by atoms with Crippen LogP contribution < -0.4 is 14.0 Å². The lowest BCUT2D eigenvalue weighted by Gasteiger charge is -2.32. The molecule has 3 aliphatic rings. The number of fused-ring (bicyclic) bond motifs is 10. The van der Waals surface area contributed by atoms with Gasteiger partial charge in [-0.3, -0.25) is 4.57 Å². The van der Waals surface area contributed by atoms with Crippen molar-refractivity contribution in [1.29, 1.82) is 0 Å². The van der Waals surface area contributed by atoms with Crippen molar-refractivity contribution in [1.82, 2.24) is 18.8 Å². The van der Waals surface area contributed by atoms with Crippen molar-refractivity contribution in [2.24, 2.45) is 0 Å². The Morgan fingerprint density at radius 1 is 0.588 bits per heavy atom. The van der Waals surface area contributed by atoms with Crippen molar-refractivity contribution in [2.75, 3.05) is 0 Å². The normalized spacial score (nSPS) is 16.1. The highest BCUT2D eigenvalue weighted by Crippen LogP contribution is 2.55. The quantitative estimate of drug-likeness (QED) is 0.176. The van der Waals surface area contributed by atoms with E-state index in [1.807, 2.05) is 0 Å². The molecule has 10 aromatic rings. The maximum Gasteiger partial charge on any atom is 0.397 e. The zero-order valence-electron chi connectivity index (χ0n) is 27.1. The molecule has 51 heavy (non-hydrogen) atoms. The number of hydrogen-bond acceptors (Lipinski definition) is 2. The van der Waals surface area contributed by atoms with Gasteiger partial charge in [0.1, 0.15) is 33.9 Å². The Morgan fingerprint density at radius 2 is 1.33 bits per heavy atom. The predicted octanol–water partition coefficient (Wildman–Crippen LogP) is 8.34. The van der Waals surface area contributed by atoms with Crippen LogP contribution in [0.15, 0.2) is 158 Å². The van der Waals surface area contributed by atoms with Crippen LogP contribution in [0.25, 0.3) is 72.2 Å². The molecule has 236 valence electrons. The van der Waals surface area contributed by atoms with Gasteiger partial charge in [-0.15, -0.1) is 4.68 Å². The van der Waals surface area contributed by atoms with Crippen molar-refractivity contribution in [3.63, 3.8) is 0 Å². The minimum absolute atomic E-state index is 0.735. The molecule has 7 heteroatoms. The van der Waals surface area contributed by atoms with Crippen LogP contribution in [0, 0.1) is 0 Å². The van der Waals surface area contributed by atoms with Crippen LogP contribution in [0.3, 0.4) is 0 Å². The molecule has 0 aliphatic carbocycles. The van der Waals surface area contributed by atoms with Crippen LogP contribution in [0.2, 0.25) is 0 Å². The van der Waals surface area contributed by atoms with Crippen molar-refractivity contribution in [2.45, 2.75) is 5.66 Å². The highest BCUT2D eigenvalue weighted by atomic mass is 16.5. The second-order valence-corrected chi connectivity index (χ2v) is 13.7. The first kappa shape index (κ1) is 26.0. The fourth-order valence-corrected chi connectivity index (χ4v) is 9.39. The first-order valence-corrected chi connectivity index (χ1v) is 17.3. The Morgan fingerprint density at radius 3 is 2.22 bits per heavy atom. The van der Waals surface area contributed by atoms with Gasteiger partial charge in [0.2, 0.25) is 6.20 Å². The average molecular weight is 655 g/mol. The molecule has 0 amide bonds. The summed E-state index contributed by atoms with van der Waals surface area (Å²) in [7, 11) is 0. The van der Waals surface area contributed by atoms with E-state index in [4.69, 9.17) is 9.72 Å². The summed E-state index contributed by atoms with van der Waals surface area (Å²) in [5.74, 6) is 2.84. The lowest BCUT2D eigenvalue weighted by Crippen LogP contribution is -2.76. The largest absolute Gasteiger partial charge is 0.456 e. The topological polar surface area (TPSA) is 44.7 Å². The fraction of sp³-hybridized carbons (Fsp3) is 0.0227.